The summed E-state index contributed by atoms with van der Waals surface area (Å²) in [4.78, 5) is 8.52. The molecule has 6 heteroatoms. The molecule has 0 radical (unpaired) electrons. The molecule has 3 N–H and O–H groups in total. The van der Waals surface area contributed by atoms with Crippen LogP contribution in [-0.4, -0.2) is 26.3 Å². The van der Waals surface area contributed by atoms with E-state index in [-0.39, 0.29) is 0 Å². The molecule has 6 nitrogen and oxygen atoms in total. The van der Waals surface area contributed by atoms with Crippen LogP contribution in [-0.2, 0) is 13.5 Å². The highest BCUT2D eigenvalue weighted by Gasteiger charge is 2.04. The molecule has 0 aliphatic heterocycles. The van der Waals surface area contributed by atoms with Crippen LogP contribution in [0, 0.1) is 0 Å². The molecule has 0 spiro atoms. The van der Waals surface area contributed by atoms with Crippen LogP contribution in [0.15, 0.2) is 36.9 Å². The van der Waals surface area contributed by atoms with Crippen LogP contribution in [0.25, 0.3) is 10.9 Å². The second-order valence-electron chi connectivity index (χ2n) is 4.70. The van der Waals surface area contributed by atoms with E-state index in [1.54, 1.807) is 11.0 Å². The first-order chi connectivity index (χ1) is 9.72. The second-order valence-corrected chi connectivity index (χ2v) is 4.70. The first kappa shape index (κ1) is 12.4. The van der Waals surface area contributed by atoms with E-state index in [4.69, 9.17) is 5.73 Å². The zero-order valence-electron chi connectivity index (χ0n) is 11.2. The molecule has 2 aromatic heterocycles. The van der Waals surface area contributed by atoms with Crippen molar-refractivity contribution in [3.8, 4) is 0 Å². The lowest BCUT2D eigenvalue weighted by molar-refractivity contribution is 0.767. The Hall–Kier alpha value is -2.63. The van der Waals surface area contributed by atoms with Crippen molar-refractivity contribution in [1.82, 2.24) is 19.7 Å². The zero-order valence-corrected chi connectivity index (χ0v) is 11.2. The third-order valence-electron chi connectivity index (χ3n) is 3.13. The van der Waals surface area contributed by atoms with Crippen LogP contribution < -0.4 is 11.1 Å². The lowest BCUT2D eigenvalue weighted by atomic mass is 10.2. The summed E-state index contributed by atoms with van der Waals surface area (Å²) in [5, 5.41) is 8.47. The lowest BCUT2D eigenvalue weighted by Gasteiger charge is -2.07. The van der Waals surface area contributed by atoms with Gasteiger partial charge >= 0.3 is 0 Å². The Kier molecular flexibility index (Phi) is 3.20. The number of anilines is 2. The Balaban J connectivity index is 1.74. The maximum Gasteiger partial charge on any atom is 0.137 e. The molecule has 0 aliphatic rings. The summed E-state index contributed by atoms with van der Waals surface area (Å²) < 4.78 is 1.80. The van der Waals surface area contributed by atoms with Crippen LogP contribution in [0.2, 0.25) is 0 Å². The van der Waals surface area contributed by atoms with Crippen LogP contribution in [0.3, 0.4) is 0 Å². The maximum absolute atomic E-state index is 5.76. The number of nitrogens with two attached hydrogens (primary N) is 1. The summed E-state index contributed by atoms with van der Waals surface area (Å²) in [6.07, 6.45) is 6.34. The Bertz CT molecular complexity index is 733. The van der Waals surface area contributed by atoms with Gasteiger partial charge in [0, 0.05) is 30.9 Å². The quantitative estimate of drug-likeness (QED) is 0.702. The van der Waals surface area contributed by atoms with Crippen LogP contribution >= 0.6 is 0 Å². The highest BCUT2D eigenvalue weighted by molar-refractivity contribution is 5.90. The van der Waals surface area contributed by atoms with Crippen molar-refractivity contribution >= 4 is 22.4 Å². The van der Waals surface area contributed by atoms with E-state index < -0.39 is 0 Å². The van der Waals surface area contributed by atoms with Crippen LogP contribution in [0.5, 0.6) is 0 Å². The van der Waals surface area contributed by atoms with Gasteiger partial charge in [-0.3, -0.25) is 4.68 Å². The molecule has 20 heavy (non-hydrogen) atoms. The molecule has 2 heterocycles. The van der Waals surface area contributed by atoms with Gasteiger partial charge in [-0.15, -0.1) is 0 Å². The fourth-order valence-corrected chi connectivity index (χ4v) is 2.14. The monoisotopic (exact) mass is 268 g/mol. The van der Waals surface area contributed by atoms with Crippen molar-refractivity contribution in [2.45, 2.75) is 6.42 Å². The largest absolute Gasteiger partial charge is 0.399 e. The molecule has 0 amide bonds. The zero-order chi connectivity index (χ0) is 13.9. The fourth-order valence-electron chi connectivity index (χ4n) is 2.14. The molecule has 3 aromatic rings. The Morgan fingerprint density at radius 2 is 2.20 bits per heavy atom. The van der Waals surface area contributed by atoms with Crippen molar-refractivity contribution in [1.29, 1.82) is 0 Å². The van der Waals surface area contributed by atoms with Crippen molar-refractivity contribution in [2.75, 3.05) is 17.6 Å². The molecule has 0 saturated heterocycles. The molecule has 0 bridgehead atoms. The molecule has 102 valence electrons. The van der Waals surface area contributed by atoms with Gasteiger partial charge in [0.2, 0.25) is 0 Å². The number of fused-ring (bicyclic) bond motifs is 1. The first-order valence-corrected chi connectivity index (χ1v) is 6.44. The average Bonchev–Trinajstić information content (AvgIpc) is 2.84. The molecule has 0 atom stereocenters. The van der Waals surface area contributed by atoms with E-state index in [1.807, 2.05) is 37.6 Å². The second kappa shape index (κ2) is 5.16. The van der Waals surface area contributed by atoms with Gasteiger partial charge < -0.3 is 11.1 Å². The summed E-state index contributed by atoms with van der Waals surface area (Å²) in [7, 11) is 1.92. The number of rotatable bonds is 4. The number of aryl methyl sites for hydroxylation is 1. The fraction of sp³-hybridized carbons (Fsp3) is 0.214. The van der Waals surface area contributed by atoms with E-state index in [1.165, 1.54) is 5.56 Å². The van der Waals surface area contributed by atoms with Gasteiger partial charge in [-0.2, -0.15) is 5.10 Å². The molecule has 0 fully saturated rings. The van der Waals surface area contributed by atoms with Crippen molar-refractivity contribution in [2.24, 2.45) is 7.05 Å². The normalized spacial score (nSPS) is 10.8. The summed E-state index contributed by atoms with van der Waals surface area (Å²) in [5.41, 5.74) is 8.52. The molecule has 1 aromatic carbocycles. The van der Waals surface area contributed by atoms with E-state index in [0.717, 1.165) is 29.7 Å². The SMILES string of the molecule is Cn1cc(CCNc2ncnc3cc(N)ccc23)cn1. The van der Waals surface area contributed by atoms with Crippen LogP contribution in [0.4, 0.5) is 11.5 Å². The van der Waals surface area contributed by atoms with Crippen LogP contribution in [0.1, 0.15) is 5.56 Å². The smallest absolute Gasteiger partial charge is 0.137 e. The van der Waals surface area contributed by atoms with Gasteiger partial charge in [-0.05, 0) is 30.2 Å². The number of aromatic nitrogens is 4. The number of hydrogen-bond acceptors (Lipinski definition) is 5. The van der Waals surface area contributed by atoms with Gasteiger partial charge in [0.15, 0.2) is 0 Å². The van der Waals surface area contributed by atoms with Crippen molar-refractivity contribution in [3.05, 3.63) is 42.5 Å². The number of nitrogens with zero attached hydrogens (tertiary/aromatic N) is 4. The van der Waals surface area contributed by atoms with E-state index >= 15 is 0 Å². The Morgan fingerprint density at radius 3 is 3.00 bits per heavy atom. The topological polar surface area (TPSA) is 81.7 Å². The minimum Gasteiger partial charge on any atom is -0.399 e. The summed E-state index contributed by atoms with van der Waals surface area (Å²) in [6.45, 7) is 0.794. The summed E-state index contributed by atoms with van der Waals surface area (Å²) in [6, 6.07) is 5.65. The predicted molar refractivity (Wildman–Crippen MR) is 79.4 cm³/mol. The van der Waals surface area contributed by atoms with Crippen molar-refractivity contribution in [3.63, 3.8) is 0 Å². The number of hydrogen-bond donors (Lipinski definition) is 2. The molecule has 3 rings (SSSR count). The highest BCUT2D eigenvalue weighted by Crippen LogP contribution is 2.21. The number of nitrogen functional groups attached to an aromatic ring is 1. The van der Waals surface area contributed by atoms with Gasteiger partial charge in [0.05, 0.1) is 11.7 Å². The molecular weight excluding hydrogens is 252 g/mol. The first-order valence-electron chi connectivity index (χ1n) is 6.44. The highest BCUT2D eigenvalue weighted by atomic mass is 15.2. The maximum atomic E-state index is 5.76. The van der Waals surface area contributed by atoms with Gasteiger partial charge in [0.25, 0.3) is 0 Å². The van der Waals surface area contributed by atoms with E-state index in [2.05, 4.69) is 20.4 Å². The Morgan fingerprint density at radius 1 is 1.30 bits per heavy atom. The van der Waals surface area contributed by atoms with Gasteiger partial charge in [0.1, 0.15) is 12.1 Å². The molecule has 0 saturated carbocycles. The lowest BCUT2D eigenvalue weighted by Crippen LogP contribution is -2.06. The van der Waals surface area contributed by atoms with Gasteiger partial charge in [-0.1, -0.05) is 0 Å². The standard InChI is InChI=1S/C14H16N6/c1-20-8-10(7-19-20)4-5-16-14-12-3-2-11(15)6-13(12)17-9-18-14/h2-3,6-9H,4-5,15H2,1H3,(H,16,17,18). The predicted octanol–water partition coefficient (Wildman–Crippen LogP) is 1.60. The third kappa shape index (κ3) is 2.54. The molecule has 0 unspecified atom stereocenters. The molecular formula is C14H16N6. The van der Waals surface area contributed by atoms with E-state index in [9.17, 15) is 0 Å². The minimum atomic E-state index is 0.706. The number of nitrogens with one attached hydrogen (secondary N) is 1. The van der Waals surface area contributed by atoms with E-state index in [0.29, 0.717) is 5.69 Å². The van der Waals surface area contributed by atoms with Gasteiger partial charge in [-0.25, -0.2) is 9.97 Å². The summed E-state index contributed by atoms with van der Waals surface area (Å²) >= 11 is 0. The van der Waals surface area contributed by atoms with Crippen molar-refractivity contribution < 1.29 is 0 Å². The number of benzene rings is 1. The Labute approximate surface area is 116 Å². The average molecular weight is 268 g/mol. The third-order valence-corrected chi connectivity index (χ3v) is 3.13. The minimum absolute atomic E-state index is 0.706. The molecule has 0 aliphatic carbocycles. The summed E-state index contributed by atoms with van der Waals surface area (Å²) in [5.74, 6) is 0.832.